The number of hydrogen-bond acceptors (Lipinski definition) is 4. The van der Waals surface area contributed by atoms with Crippen molar-refractivity contribution < 1.29 is 4.92 Å². The molecule has 0 amide bonds. The van der Waals surface area contributed by atoms with E-state index in [1.165, 1.54) is 12.1 Å². The smallest absolute Gasteiger partial charge is 0.272 e. The summed E-state index contributed by atoms with van der Waals surface area (Å²) in [6.45, 7) is 0. The van der Waals surface area contributed by atoms with Gasteiger partial charge >= 0.3 is 0 Å². The molecule has 5 rings (SSSR count). The summed E-state index contributed by atoms with van der Waals surface area (Å²) >= 11 is 0. The van der Waals surface area contributed by atoms with Crippen LogP contribution in [-0.2, 0) is 6.42 Å². The Hall–Kier alpha value is -4.20. The molecule has 0 radical (unpaired) electrons. The fourth-order valence-corrected chi connectivity index (χ4v) is 3.59. The molecule has 0 unspecified atom stereocenters. The molecular formula is C21H15N5O3. The first kappa shape index (κ1) is 16.9. The molecule has 5 aromatic rings. The van der Waals surface area contributed by atoms with Crippen molar-refractivity contribution in [3.8, 4) is 11.1 Å². The Balaban J connectivity index is 1.59. The van der Waals surface area contributed by atoms with Crippen LogP contribution in [0.2, 0.25) is 0 Å². The lowest BCUT2D eigenvalue weighted by molar-refractivity contribution is -0.384. The molecular weight excluding hydrogens is 370 g/mol. The van der Waals surface area contributed by atoms with Gasteiger partial charge < -0.3 is 14.4 Å². The molecule has 8 nitrogen and oxygen atoms in total. The van der Waals surface area contributed by atoms with Crippen LogP contribution < -0.4 is 5.56 Å². The fourth-order valence-electron chi connectivity index (χ4n) is 3.59. The summed E-state index contributed by atoms with van der Waals surface area (Å²) in [6, 6.07) is 12.1. The number of fused-ring (bicyclic) bond motifs is 2. The molecule has 0 spiro atoms. The third kappa shape index (κ3) is 2.87. The zero-order valence-corrected chi connectivity index (χ0v) is 15.1. The van der Waals surface area contributed by atoms with Gasteiger partial charge in [-0.1, -0.05) is 12.1 Å². The molecule has 0 aliphatic carbocycles. The summed E-state index contributed by atoms with van der Waals surface area (Å²) in [5, 5.41) is 11.8. The fraction of sp³-hybridized carbons (Fsp3) is 0.0476. The van der Waals surface area contributed by atoms with Gasteiger partial charge in [-0.25, -0.2) is 4.98 Å². The Morgan fingerprint density at radius 2 is 1.93 bits per heavy atom. The van der Waals surface area contributed by atoms with E-state index in [0.717, 1.165) is 33.4 Å². The predicted octanol–water partition coefficient (Wildman–Crippen LogP) is 3.67. The van der Waals surface area contributed by atoms with E-state index in [2.05, 4.69) is 15.0 Å². The Bertz CT molecular complexity index is 1430. The number of rotatable bonds is 4. The van der Waals surface area contributed by atoms with E-state index in [0.29, 0.717) is 11.9 Å². The normalized spacial score (nSPS) is 11.3. The Labute approximate surface area is 163 Å². The average Bonchev–Trinajstić information content (AvgIpc) is 3.35. The van der Waals surface area contributed by atoms with E-state index >= 15 is 0 Å². The summed E-state index contributed by atoms with van der Waals surface area (Å²) in [4.78, 5) is 33.1. The van der Waals surface area contributed by atoms with Crippen LogP contribution in [0.15, 0.2) is 72.0 Å². The van der Waals surface area contributed by atoms with Gasteiger partial charge in [-0.2, -0.15) is 0 Å². The standard InChI is InChI=1S/C21H15N5O3/c27-21-19-9-14(18-11-23-20-17(18)2-1-7-22-20)12-25(19)16(10-24-21)8-13-3-5-15(6-4-13)26(28)29/h1-7,9-12H,8H2,(H,22,23)(H,24,27). The molecule has 2 N–H and O–H groups in total. The number of pyridine rings is 1. The number of aromatic nitrogens is 4. The third-order valence-corrected chi connectivity index (χ3v) is 5.03. The molecule has 142 valence electrons. The summed E-state index contributed by atoms with van der Waals surface area (Å²) in [5.41, 5.74) is 4.87. The minimum absolute atomic E-state index is 0.0524. The number of aromatic amines is 2. The number of nitro groups is 1. The second kappa shape index (κ2) is 6.45. The highest BCUT2D eigenvalue weighted by atomic mass is 16.6. The van der Waals surface area contributed by atoms with Crippen LogP contribution in [0.5, 0.6) is 0 Å². The van der Waals surface area contributed by atoms with Crippen LogP contribution in [0, 0.1) is 10.1 Å². The van der Waals surface area contributed by atoms with Crippen molar-refractivity contribution in [2.45, 2.75) is 6.42 Å². The third-order valence-electron chi connectivity index (χ3n) is 5.03. The SMILES string of the molecule is O=c1[nH]cc(Cc2ccc([N+](=O)[O-])cc2)n2cc(-c3c[nH]c4ncccc34)cc12. The van der Waals surface area contributed by atoms with Gasteiger partial charge in [-0.05, 0) is 23.8 Å². The largest absolute Gasteiger partial charge is 0.346 e. The van der Waals surface area contributed by atoms with Crippen LogP contribution in [0.3, 0.4) is 0 Å². The van der Waals surface area contributed by atoms with Crippen molar-refractivity contribution in [2.24, 2.45) is 0 Å². The molecule has 4 aromatic heterocycles. The zero-order chi connectivity index (χ0) is 20.0. The minimum Gasteiger partial charge on any atom is -0.346 e. The van der Waals surface area contributed by atoms with Gasteiger partial charge in [-0.15, -0.1) is 0 Å². The summed E-state index contributed by atoms with van der Waals surface area (Å²) < 4.78 is 1.87. The minimum atomic E-state index is -0.420. The van der Waals surface area contributed by atoms with Crippen LogP contribution in [0.4, 0.5) is 5.69 Å². The van der Waals surface area contributed by atoms with Gasteiger partial charge in [-0.3, -0.25) is 14.9 Å². The zero-order valence-electron chi connectivity index (χ0n) is 15.1. The van der Waals surface area contributed by atoms with Crippen LogP contribution in [0.25, 0.3) is 27.7 Å². The van der Waals surface area contributed by atoms with E-state index in [1.54, 1.807) is 24.5 Å². The molecule has 0 saturated heterocycles. The van der Waals surface area contributed by atoms with Gasteiger partial charge in [0.15, 0.2) is 0 Å². The van der Waals surface area contributed by atoms with Gasteiger partial charge in [0.2, 0.25) is 0 Å². The molecule has 0 aliphatic rings. The molecule has 0 saturated carbocycles. The molecule has 8 heteroatoms. The summed E-state index contributed by atoms with van der Waals surface area (Å²) in [5.74, 6) is 0. The Morgan fingerprint density at radius 3 is 2.72 bits per heavy atom. The van der Waals surface area contributed by atoms with E-state index < -0.39 is 4.92 Å². The second-order valence-electron chi connectivity index (χ2n) is 6.80. The highest BCUT2D eigenvalue weighted by molar-refractivity contribution is 5.94. The lowest BCUT2D eigenvalue weighted by Crippen LogP contribution is -2.11. The van der Waals surface area contributed by atoms with Gasteiger partial charge in [0, 0.05) is 65.5 Å². The van der Waals surface area contributed by atoms with Crippen molar-refractivity contribution in [1.29, 1.82) is 0 Å². The number of nitrogens with one attached hydrogen (secondary N) is 2. The molecule has 1 aromatic carbocycles. The molecule has 29 heavy (non-hydrogen) atoms. The van der Waals surface area contributed by atoms with Crippen molar-refractivity contribution in [1.82, 2.24) is 19.4 Å². The topological polar surface area (TPSA) is 109 Å². The van der Waals surface area contributed by atoms with Crippen molar-refractivity contribution in [3.63, 3.8) is 0 Å². The quantitative estimate of drug-likeness (QED) is 0.363. The second-order valence-corrected chi connectivity index (χ2v) is 6.80. The number of nitrogens with zero attached hydrogens (tertiary/aromatic N) is 3. The molecule has 0 aliphatic heterocycles. The van der Waals surface area contributed by atoms with Crippen molar-refractivity contribution in [3.05, 3.63) is 99.0 Å². The lowest BCUT2D eigenvalue weighted by atomic mass is 10.1. The van der Waals surface area contributed by atoms with E-state index in [1.807, 2.05) is 35.0 Å². The summed E-state index contributed by atoms with van der Waals surface area (Å²) in [6.07, 6.45) is 7.75. The Kier molecular flexibility index (Phi) is 3.77. The number of hydrogen-bond donors (Lipinski definition) is 2. The van der Waals surface area contributed by atoms with Crippen molar-refractivity contribution >= 4 is 22.2 Å². The number of non-ortho nitro benzene ring substituents is 1. The lowest BCUT2D eigenvalue weighted by Gasteiger charge is -2.06. The van der Waals surface area contributed by atoms with Crippen molar-refractivity contribution in [2.75, 3.05) is 0 Å². The van der Waals surface area contributed by atoms with E-state index in [-0.39, 0.29) is 11.2 Å². The van der Waals surface area contributed by atoms with Gasteiger partial charge in [0.05, 0.1) is 4.92 Å². The maximum absolute atomic E-state index is 12.4. The van der Waals surface area contributed by atoms with E-state index in [4.69, 9.17) is 0 Å². The first-order chi connectivity index (χ1) is 14.1. The highest BCUT2D eigenvalue weighted by Crippen LogP contribution is 2.29. The number of nitro benzene ring substituents is 1. The first-order valence-corrected chi connectivity index (χ1v) is 8.98. The van der Waals surface area contributed by atoms with Gasteiger partial charge in [0.25, 0.3) is 11.2 Å². The molecule has 0 atom stereocenters. The molecule has 0 bridgehead atoms. The average molecular weight is 385 g/mol. The van der Waals surface area contributed by atoms with Crippen LogP contribution >= 0.6 is 0 Å². The highest BCUT2D eigenvalue weighted by Gasteiger charge is 2.13. The van der Waals surface area contributed by atoms with Gasteiger partial charge in [0.1, 0.15) is 11.2 Å². The first-order valence-electron chi connectivity index (χ1n) is 8.98. The van der Waals surface area contributed by atoms with E-state index in [9.17, 15) is 14.9 Å². The molecule has 0 fully saturated rings. The maximum atomic E-state index is 12.4. The summed E-state index contributed by atoms with van der Waals surface area (Å²) in [7, 11) is 0. The predicted molar refractivity (Wildman–Crippen MR) is 109 cm³/mol. The monoisotopic (exact) mass is 385 g/mol. The Morgan fingerprint density at radius 1 is 1.10 bits per heavy atom. The number of benzene rings is 1. The molecule has 4 heterocycles. The van der Waals surface area contributed by atoms with Crippen LogP contribution in [0.1, 0.15) is 11.3 Å². The van der Waals surface area contributed by atoms with Crippen LogP contribution in [-0.4, -0.2) is 24.3 Å². The number of H-pyrrole nitrogens is 2. The maximum Gasteiger partial charge on any atom is 0.272 e.